The van der Waals surface area contributed by atoms with E-state index in [9.17, 15) is 9.59 Å². The van der Waals surface area contributed by atoms with Crippen LogP contribution in [0.5, 0.6) is 5.75 Å². The number of rotatable bonds is 4. The summed E-state index contributed by atoms with van der Waals surface area (Å²) >= 11 is 4.92. The second kappa shape index (κ2) is 8.40. The maximum absolute atomic E-state index is 12.3. The number of nitrogens with zero attached hydrogens (tertiary/aromatic N) is 1. The van der Waals surface area contributed by atoms with Crippen LogP contribution >= 0.6 is 27.7 Å². The van der Waals surface area contributed by atoms with Gasteiger partial charge in [0.1, 0.15) is 11.0 Å². The predicted molar refractivity (Wildman–Crippen MR) is 94.6 cm³/mol. The topological polar surface area (TPSA) is 55.8 Å². The summed E-state index contributed by atoms with van der Waals surface area (Å²) in [7, 11) is 2.95. The lowest BCUT2D eigenvalue weighted by Gasteiger charge is -2.30. The summed E-state index contributed by atoms with van der Waals surface area (Å²) in [5.74, 6) is 1.00. The summed E-state index contributed by atoms with van der Waals surface area (Å²) in [5, 5.41) is -0.313. The monoisotopic (exact) mass is 399 g/mol. The second-order valence-corrected chi connectivity index (χ2v) is 7.11. The van der Waals surface area contributed by atoms with Crippen LogP contribution in [-0.4, -0.2) is 55.1 Å². The average molecular weight is 400 g/mol. The molecule has 0 N–H and O–H groups in total. The number of amides is 1. The minimum Gasteiger partial charge on any atom is -0.496 e. The first-order chi connectivity index (χ1) is 11.0. The van der Waals surface area contributed by atoms with E-state index in [4.69, 9.17) is 9.47 Å². The summed E-state index contributed by atoms with van der Waals surface area (Å²) < 4.78 is 10.9. The Kier molecular flexibility index (Phi) is 6.53. The minimum absolute atomic E-state index is 0.124. The Morgan fingerprint density at radius 1 is 1.39 bits per heavy atom. The number of carbonyl (C=O) groups is 2. The fourth-order valence-corrected chi connectivity index (χ4v) is 3.73. The first kappa shape index (κ1) is 17.9. The number of carbonyl (C=O) groups excluding carboxylic acids is 2. The molecule has 0 aliphatic carbocycles. The van der Waals surface area contributed by atoms with Gasteiger partial charge in [-0.3, -0.25) is 9.59 Å². The van der Waals surface area contributed by atoms with Crippen molar-refractivity contribution in [3.05, 3.63) is 34.3 Å². The molecule has 2 rings (SSSR count). The van der Waals surface area contributed by atoms with Crippen molar-refractivity contribution in [2.45, 2.75) is 5.25 Å². The molecule has 1 heterocycles. The maximum atomic E-state index is 12.3. The fraction of sp³-hybridized carbons (Fsp3) is 0.375. The zero-order valence-electron chi connectivity index (χ0n) is 13.0. The van der Waals surface area contributed by atoms with E-state index in [1.807, 2.05) is 18.2 Å². The van der Waals surface area contributed by atoms with Gasteiger partial charge in [-0.25, -0.2) is 0 Å². The molecule has 1 aromatic rings. The van der Waals surface area contributed by atoms with Crippen molar-refractivity contribution in [3.63, 3.8) is 0 Å². The third kappa shape index (κ3) is 4.75. The molecule has 124 valence electrons. The van der Waals surface area contributed by atoms with Crippen molar-refractivity contribution in [2.75, 3.05) is 33.1 Å². The predicted octanol–water partition coefficient (Wildman–Crippen LogP) is 2.59. The number of hydrogen-bond donors (Lipinski definition) is 0. The molecule has 0 saturated carbocycles. The van der Waals surface area contributed by atoms with Gasteiger partial charge >= 0.3 is 5.97 Å². The lowest BCUT2D eigenvalue weighted by Crippen LogP contribution is -2.44. The van der Waals surface area contributed by atoms with Crippen LogP contribution in [0, 0.1) is 0 Å². The Balaban J connectivity index is 2.06. The molecule has 1 amide bonds. The van der Waals surface area contributed by atoms with Crippen LogP contribution in [0.15, 0.2) is 28.7 Å². The van der Waals surface area contributed by atoms with Gasteiger partial charge in [0.2, 0.25) is 5.91 Å². The molecule has 1 aliphatic heterocycles. The summed E-state index contributed by atoms with van der Waals surface area (Å²) in [4.78, 5) is 25.6. The second-order valence-electron chi connectivity index (χ2n) is 4.89. The zero-order valence-corrected chi connectivity index (χ0v) is 15.4. The largest absolute Gasteiger partial charge is 0.496 e. The van der Waals surface area contributed by atoms with E-state index in [0.29, 0.717) is 18.8 Å². The van der Waals surface area contributed by atoms with E-state index < -0.39 is 0 Å². The smallest absolute Gasteiger partial charge is 0.320 e. The van der Waals surface area contributed by atoms with Gasteiger partial charge in [0.25, 0.3) is 0 Å². The van der Waals surface area contributed by atoms with Crippen molar-refractivity contribution in [1.82, 2.24) is 4.90 Å². The van der Waals surface area contributed by atoms with Crippen molar-refractivity contribution < 1.29 is 19.1 Å². The molecule has 1 aromatic carbocycles. The summed E-state index contributed by atoms with van der Waals surface area (Å²) in [5.41, 5.74) is 0.811. The summed E-state index contributed by atoms with van der Waals surface area (Å²) in [6, 6.07) is 5.59. The zero-order chi connectivity index (χ0) is 16.8. The highest BCUT2D eigenvalue weighted by atomic mass is 79.9. The van der Waals surface area contributed by atoms with Crippen LogP contribution in [0.2, 0.25) is 0 Å². The molecular formula is C16H18BrNO4S. The van der Waals surface area contributed by atoms with Crippen LogP contribution < -0.4 is 4.74 Å². The van der Waals surface area contributed by atoms with Crippen molar-refractivity contribution in [1.29, 1.82) is 0 Å². The molecule has 0 unspecified atom stereocenters. The molecule has 23 heavy (non-hydrogen) atoms. The highest BCUT2D eigenvalue weighted by molar-refractivity contribution is 9.10. The van der Waals surface area contributed by atoms with Crippen LogP contribution in [0.3, 0.4) is 0 Å². The number of hydrogen-bond acceptors (Lipinski definition) is 5. The van der Waals surface area contributed by atoms with Crippen molar-refractivity contribution in [3.8, 4) is 5.75 Å². The van der Waals surface area contributed by atoms with Gasteiger partial charge in [0, 0.05) is 35.0 Å². The standard InChI is InChI=1S/C16H18BrNO4S/c1-21-13-5-4-12(17)9-11(13)3-6-15(19)18-7-8-23-14(10-18)16(20)22-2/h3-6,9,14H,7-8,10H2,1-2H3/b6-3+/t14-/m0/s1. The van der Waals surface area contributed by atoms with E-state index >= 15 is 0 Å². The van der Waals surface area contributed by atoms with Crippen molar-refractivity contribution >= 4 is 45.6 Å². The van der Waals surface area contributed by atoms with Gasteiger partial charge < -0.3 is 14.4 Å². The number of methoxy groups -OCH3 is 2. The quantitative estimate of drug-likeness (QED) is 0.575. The Morgan fingerprint density at radius 2 is 2.17 bits per heavy atom. The summed E-state index contributed by atoms with van der Waals surface area (Å²) in [6.07, 6.45) is 3.23. The molecule has 1 aliphatic rings. The van der Waals surface area contributed by atoms with Gasteiger partial charge in [-0.2, -0.15) is 0 Å². The molecule has 0 aromatic heterocycles. The Labute approximate surface area is 148 Å². The van der Waals surface area contributed by atoms with Crippen LogP contribution in [-0.2, 0) is 14.3 Å². The van der Waals surface area contributed by atoms with E-state index in [0.717, 1.165) is 15.8 Å². The van der Waals surface area contributed by atoms with Crippen LogP contribution in [0.25, 0.3) is 6.08 Å². The third-order valence-electron chi connectivity index (χ3n) is 3.44. The van der Waals surface area contributed by atoms with Gasteiger partial charge in [0.05, 0.1) is 14.2 Å². The highest BCUT2D eigenvalue weighted by Crippen LogP contribution is 2.25. The molecule has 5 nitrogen and oxygen atoms in total. The van der Waals surface area contributed by atoms with Gasteiger partial charge in [-0.05, 0) is 24.3 Å². The molecule has 1 atom stereocenters. The molecule has 0 bridgehead atoms. The third-order valence-corrected chi connectivity index (χ3v) is 5.09. The Bertz CT molecular complexity index is 620. The molecule has 1 saturated heterocycles. The number of ether oxygens (including phenoxy) is 2. The SMILES string of the molecule is COC(=O)[C@@H]1CN(C(=O)/C=C/c2cc(Br)ccc2OC)CCS1. The molecule has 1 fully saturated rings. The molecule has 0 spiro atoms. The van der Waals surface area contributed by atoms with Gasteiger partial charge in [0.15, 0.2) is 0 Å². The van der Waals surface area contributed by atoms with Crippen LogP contribution in [0.1, 0.15) is 5.56 Å². The molecule has 7 heteroatoms. The number of halogens is 1. The van der Waals surface area contributed by atoms with E-state index in [-0.39, 0.29) is 17.1 Å². The molecular weight excluding hydrogens is 382 g/mol. The van der Waals surface area contributed by atoms with E-state index in [1.54, 1.807) is 18.1 Å². The summed E-state index contributed by atoms with van der Waals surface area (Å²) in [6.45, 7) is 0.993. The van der Waals surface area contributed by atoms with E-state index in [1.165, 1.54) is 24.9 Å². The van der Waals surface area contributed by atoms with Gasteiger partial charge in [-0.1, -0.05) is 15.9 Å². The first-order valence-electron chi connectivity index (χ1n) is 7.05. The Hall–Kier alpha value is -1.47. The number of thioether (sulfide) groups is 1. The fourth-order valence-electron chi connectivity index (χ4n) is 2.23. The van der Waals surface area contributed by atoms with Gasteiger partial charge in [-0.15, -0.1) is 11.8 Å². The maximum Gasteiger partial charge on any atom is 0.320 e. The normalized spacial score (nSPS) is 18.0. The first-order valence-corrected chi connectivity index (χ1v) is 8.89. The van der Waals surface area contributed by atoms with E-state index in [2.05, 4.69) is 15.9 Å². The molecule has 0 radical (unpaired) electrons. The lowest BCUT2D eigenvalue weighted by molar-refractivity contribution is -0.140. The highest BCUT2D eigenvalue weighted by Gasteiger charge is 2.28. The Morgan fingerprint density at radius 3 is 2.87 bits per heavy atom. The minimum atomic E-state index is -0.313. The van der Waals surface area contributed by atoms with Crippen molar-refractivity contribution in [2.24, 2.45) is 0 Å². The number of benzene rings is 1. The van der Waals surface area contributed by atoms with Crippen LogP contribution in [0.4, 0.5) is 0 Å². The number of esters is 1. The average Bonchev–Trinajstić information content (AvgIpc) is 2.59. The lowest BCUT2D eigenvalue weighted by atomic mass is 10.2.